The van der Waals surface area contributed by atoms with Gasteiger partial charge in [0.05, 0.1) is 5.56 Å². The Balaban J connectivity index is 1.79. The molecule has 114 valence electrons. The van der Waals surface area contributed by atoms with Gasteiger partial charge in [0, 0.05) is 5.92 Å². The number of hydrogen-bond acceptors (Lipinski definition) is 2. The second-order valence-electron chi connectivity index (χ2n) is 5.34. The number of ether oxygens (including phenoxy) is 1. The molecular weight excluding hydrogens is 284 g/mol. The molecule has 0 bridgehead atoms. The van der Waals surface area contributed by atoms with Gasteiger partial charge in [-0.25, -0.2) is 4.79 Å². The zero-order valence-electron chi connectivity index (χ0n) is 12.8. The molecule has 0 unspecified atom stereocenters. The van der Waals surface area contributed by atoms with Crippen molar-refractivity contribution in [3.05, 3.63) is 108 Å². The fourth-order valence-corrected chi connectivity index (χ4v) is 2.57. The van der Waals surface area contributed by atoms with Crippen molar-refractivity contribution in [3.63, 3.8) is 0 Å². The molecule has 3 aromatic rings. The topological polar surface area (TPSA) is 26.3 Å². The molecule has 2 nitrogen and oxygen atoms in total. The predicted octanol–water partition coefficient (Wildman–Crippen LogP) is 4.68. The summed E-state index contributed by atoms with van der Waals surface area (Å²) in [6.07, 6.45) is 0. The van der Waals surface area contributed by atoms with Crippen molar-refractivity contribution in [1.29, 1.82) is 0 Å². The molecule has 0 saturated heterocycles. The molecule has 0 spiro atoms. The fraction of sp³-hybridized carbons (Fsp3) is 0.0952. The Morgan fingerprint density at radius 1 is 0.696 bits per heavy atom. The highest BCUT2D eigenvalue weighted by atomic mass is 16.5. The first kappa shape index (κ1) is 15.0. The molecule has 23 heavy (non-hydrogen) atoms. The largest absolute Gasteiger partial charge is 0.461 e. The number of rotatable bonds is 5. The Hall–Kier alpha value is -2.87. The molecule has 3 rings (SSSR count). The van der Waals surface area contributed by atoms with Crippen LogP contribution in [0, 0.1) is 0 Å². The Morgan fingerprint density at radius 3 is 1.61 bits per heavy atom. The van der Waals surface area contributed by atoms with Crippen molar-refractivity contribution in [2.45, 2.75) is 5.92 Å². The van der Waals surface area contributed by atoms with Crippen molar-refractivity contribution in [2.75, 3.05) is 6.61 Å². The van der Waals surface area contributed by atoms with Gasteiger partial charge in [-0.15, -0.1) is 0 Å². The van der Waals surface area contributed by atoms with Gasteiger partial charge in [0.1, 0.15) is 6.61 Å². The van der Waals surface area contributed by atoms with Crippen LogP contribution in [0.15, 0.2) is 91.0 Å². The van der Waals surface area contributed by atoms with E-state index >= 15 is 0 Å². The second kappa shape index (κ2) is 7.41. The van der Waals surface area contributed by atoms with Crippen LogP contribution in [0.2, 0.25) is 0 Å². The van der Waals surface area contributed by atoms with Crippen molar-refractivity contribution < 1.29 is 9.53 Å². The number of benzene rings is 3. The minimum Gasteiger partial charge on any atom is -0.461 e. The minimum atomic E-state index is -0.289. The van der Waals surface area contributed by atoms with Gasteiger partial charge >= 0.3 is 5.97 Å². The lowest BCUT2D eigenvalue weighted by Crippen LogP contribution is -2.14. The first-order valence-electron chi connectivity index (χ1n) is 7.66. The van der Waals surface area contributed by atoms with Gasteiger partial charge in [-0.1, -0.05) is 78.9 Å². The zero-order valence-corrected chi connectivity index (χ0v) is 12.8. The smallest absolute Gasteiger partial charge is 0.338 e. The summed E-state index contributed by atoms with van der Waals surface area (Å²) in [6, 6.07) is 29.3. The van der Waals surface area contributed by atoms with Crippen molar-refractivity contribution >= 4 is 5.97 Å². The molecule has 0 fully saturated rings. The highest BCUT2D eigenvalue weighted by Gasteiger charge is 2.17. The third-order valence-corrected chi connectivity index (χ3v) is 3.79. The summed E-state index contributed by atoms with van der Waals surface area (Å²) in [4.78, 5) is 12.2. The van der Waals surface area contributed by atoms with E-state index in [2.05, 4.69) is 24.3 Å². The van der Waals surface area contributed by atoms with E-state index in [9.17, 15) is 4.79 Å². The first-order valence-corrected chi connectivity index (χ1v) is 7.66. The van der Waals surface area contributed by atoms with Gasteiger partial charge in [0.2, 0.25) is 0 Å². The van der Waals surface area contributed by atoms with E-state index in [4.69, 9.17) is 4.74 Å². The lowest BCUT2D eigenvalue weighted by molar-refractivity contribution is 0.0492. The number of carbonyl (C=O) groups excluding carboxylic acids is 1. The third-order valence-electron chi connectivity index (χ3n) is 3.79. The summed E-state index contributed by atoms with van der Waals surface area (Å²) in [7, 11) is 0. The molecule has 0 atom stereocenters. The molecule has 0 aliphatic heterocycles. The zero-order chi connectivity index (χ0) is 15.9. The van der Waals surface area contributed by atoms with Crippen molar-refractivity contribution in [1.82, 2.24) is 0 Å². The van der Waals surface area contributed by atoms with Crippen LogP contribution in [0.3, 0.4) is 0 Å². The number of esters is 1. The molecule has 0 aliphatic carbocycles. The quantitative estimate of drug-likeness (QED) is 0.640. The standard InChI is InChI=1S/C21H18O2/c22-21(19-14-8-3-9-15-19)23-16-20(17-10-4-1-5-11-17)18-12-6-2-7-13-18/h1-15,20H,16H2. The van der Waals surface area contributed by atoms with E-state index in [1.54, 1.807) is 12.1 Å². The lowest BCUT2D eigenvalue weighted by Gasteiger charge is -2.18. The maximum absolute atomic E-state index is 12.2. The van der Waals surface area contributed by atoms with Crippen molar-refractivity contribution in [2.24, 2.45) is 0 Å². The van der Waals surface area contributed by atoms with Crippen LogP contribution >= 0.6 is 0 Å². The van der Waals surface area contributed by atoms with Crippen LogP contribution in [0.4, 0.5) is 0 Å². The normalized spacial score (nSPS) is 10.5. The molecule has 0 N–H and O–H groups in total. The summed E-state index contributed by atoms with van der Waals surface area (Å²) in [5, 5.41) is 0. The predicted molar refractivity (Wildman–Crippen MR) is 91.5 cm³/mol. The van der Waals surface area contributed by atoms with Crippen LogP contribution < -0.4 is 0 Å². The molecule has 0 aromatic heterocycles. The summed E-state index contributed by atoms with van der Waals surface area (Å²) in [5.41, 5.74) is 2.85. The Kier molecular flexibility index (Phi) is 4.85. The highest BCUT2D eigenvalue weighted by molar-refractivity contribution is 5.89. The number of hydrogen-bond donors (Lipinski definition) is 0. The van der Waals surface area contributed by atoms with Gasteiger partial charge in [0.15, 0.2) is 0 Å². The van der Waals surface area contributed by atoms with E-state index < -0.39 is 0 Å². The SMILES string of the molecule is O=C(OCC(c1ccccc1)c1ccccc1)c1ccccc1. The summed E-state index contributed by atoms with van der Waals surface area (Å²) in [6.45, 7) is 0.321. The van der Waals surface area contributed by atoms with E-state index in [0.29, 0.717) is 12.2 Å². The van der Waals surface area contributed by atoms with Crippen LogP contribution in [0.1, 0.15) is 27.4 Å². The fourth-order valence-electron chi connectivity index (χ4n) is 2.57. The van der Waals surface area contributed by atoms with Gasteiger partial charge in [-0.05, 0) is 23.3 Å². The summed E-state index contributed by atoms with van der Waals surface area (Å²) >= 11 is 0. The average Bonchev–Trinajstić information content (AvgIpc) is 2.64. The highest BCUT2D eigenvalue weighted by Crippen LogP contribution is 2.25. The molecule has 0 amide bonds. The molecule has 0 aliphatic rings. The Labute approximate surface area is 136 Å². The molecule has 0 heterocycles. The average molecular weight is 302 g/mol. The van der Waals surface area contributed by atoms with Gasteiger partial charge < -0.3 is 4.74 Å². The van der Waals surface area contributed by atoms with E-state index in [1.807, 2.05) is 54.6 Å². The first-order chi connectivity index (χ1) is 11.3. The second-order valence-corrected chi connectivity index (χ2v) is 5.34. The minimum absolute atomic E-state index is 0.0325. The molecule has 2 heteroatoms. The molecular formula is C21H18O2. The maximum atomic E-state index is 12.2. The van der Waals surface area contributed by atoms with Gasteiger partial charge in [-0.3, -0.25) is 0 Å². The third kappa shape index (κ3) is 3.86. The molecule has 0 saturated carbocycles. The van der Waals surface area contributed by atoms with Crippen LogP contribution in [0.5, 0.6) is 0 Å². The number of carbonyl (C=O) groups is 1. The van der Waals surface area contributed by atoms with Crippen LogP contribution in [-0.2, 0) is 4.74 Å². The maximum Gasteiger partial charge on any atom is 0.338 e. The van der Waals surface area contributed by atoms with Crippen LogP contribution in [0.25, 0.3) is 0 Å². The lowest BCUT2D eigenvalue weighted by atomic mass is 9.92. The van der Waals surface area contributed by atoms with E-state index in [1.165, 1.54) is 0 Å². The molecule has 3 aromatic carbocycles. The van der Waals surface area contributed by atoms with Crippen LogP contribution in [-0.4, -0.2) is 12.6 Å². The van der Waals surface area contributed by atoms with E-state index in [0.717, 1.165) is 11.1 Å². The van der Waals surface area contributed by atoms with Gasteiger partial charge in [-0.2, -0.15) is 0 Å². The van der Waals surface area contributed by atoms with E-state index in [-0.39, 0.29) is 11.9 Å². The summed E-state index contributed by atoms with van der Waals surface area (Å²) < 4.78 is 5.56. The van der Waals surface area contributed by atoms with Gasteiger partial charge in [0.25, 0.3) is 0 Å². The van der Waals surface area contributed by atoms with Crippen molar-refractivity contribution in [3.8, 4) is 0 Å². The molecule has 0 radical (unpaired) electrons. The monoisotopic (exact) mass is 302 g/mol. The Bertz CT molecular complexity index is 697. The Morgan fingerprint density at radius 2 is 1.13 bits per heavy atom. The summed E-state index contributed by atoms with van der Waals surface area (Å²) in [5.74, 6) is -0.257.